The summed E-state index contributed by atoms with van der Waals surface area (Å²) in [5.74, 6) is 1.45. The molecule has 4 nitrogen and oxygen atoms in total. The van der Waals surface area contributed by atoms with Gasteiger partial charge in [-0.2, -0.15) is 0 Å². The first-order valence-electron chi connectivity index (χ1n) is 10.2. The Morgan fingerprint density at radius 1 is 0.903 bits per heavy atom. The molecule has 1 aromatic heterocycles. The van der Waals surface area contributed by atoms with Crippen molar-refractivity contribution >= 4 is 28.0 Å². The number of fused-ring (bicyclic) bond motifs is 1. The highest BCUT2D eigenvalue weighted by atomic mass is 32.1. The van der Waals surface area contributed by atoms with Crippen LogP contribution in [0.1, 0.15) is 20.8 Å². The predicted octanol–water partition coefficient (Wildman–Crippen LogP) is 5.80. The third-order valence-electron chi connectivity index (χ3n) is 5.35. The van der Waals surface area contributed by atoms with Gasteiger partial charge in [0.25, 0.3) is 5.91 Å². The van der Waals surface area contributed by atoms with E-state index in [9.17, 15) is 4.79 Å². The SMILES string of the molecule is COc1ccc(CCN(Cc2cccs2)C(=O)c2cccc3ccccc23)cc1OC. The molecule has 0 saturated heterocycles. The smallest absolute Gasteiger partial charge is 0.254 e. The zero-order valence-corrected chi connectivity index (χ0v) is 18.5. The highest BCUT2D eigenvalue weighted by Crippen LogP contribution is 2.28. The molecule has 0 aliphatic carbocycles. The average molecular weight is 432 g/mol. The summed E-state index contributed by atoms with van der Waals surface area (Å²) in [6.45, 7) is 1.20. The molecular weight excluding hydrogens is 406 g/mol. The second-order valence-electron chi connectivity index (χ2n) is 7.27. The average Bonchev–Trinajstić information content (AvgIpc) is 3.34. The van der Waals surface area contributed by atoms with Gasteiger partial charge in [0, 0.05) is 17.0 Å². The fraction of sp³-hybridized carbons (Fsp3) is 0.192. The van der Waals surface area contributed by atoms with E-state index in [1.165, 1.54) is 4.88 Å². The molecule has 0 aliphatic rings. The van der Waals surface area contributed by atoms with E-state index in [2.05, 4.69) is 6.07 Å². The van der Waals surface area contributed by atoms with Crippen LogP contribution < -0.4 is 9.47 Å². The lowest BCUT2D eigenvalue weighted by Gasteiger charge is -2.23. The van der Waals surface area contributed by atoms with Gasteiger partial charge in [0.1, 0.15) is 0 Å². The molecular formula is C26H25NO3S. The van der Waals surface area contributed by atoms with Crippen LogP contribution in [-0.4, -0.2) is 31.6 Å². The fourth-order valence-corrected chi connectivity index (χ4v) is 4.44. The molecule has 4 rings (SSSR count). The maximum absolute atomic E-state index is 13.6. The first-order chi connectivity index (χ1) is 15.2. The number of carbonyl (C=O) groups is 1. The minimum atomic E-state index is 0.0469. The van der Waals surface area contributed by atoms with Gasteiger partial charge in [0.2, 0.25) is 0 Å². The third-order valence-corrected chi connectivity index (χ3v) is 6.21. The van der Waals surface area contributed by atoms with Gasteiger partial charge in [-0.3, -0.25) is 4.79 Å². The summed E-state index contributed by atoms with van der Waals surface area (Å²) >= 11 is 1.67. The molecule has 0 bridgehead atoms. The first kappa shape index (κ1) is 20.9. The van der Waals surface area contributed by atoms with Crippen molar-refractivity contribution in [3.05, 3.63) is 94.2 Å². The summed E-state index contributed by atoms with van der Waals surface area (Å²) in [7, 11) is 3.26. The number of thiophene rings is 1. The molecule has 0 atom stereocenters. The lowest BCUT2D eigenvalue weighted by atomic mass is 10.0. The summed E-state index contributed by atoms with van der Waals surface area (Å²) in [4.78, 5) is 16.7. The fourth-order valence-electron chi connectivity index (χ4n) is 3.73. The van der Waals surface area contributed by atoms with Gasteiger partial charge in [-0.05, 0) is 52.4 Å². The van der Waals surface area contributed by atoms with Gasteiger partial charge in [0.05, 0.1) is 20.8 Å². The zero-order chi connectivity index (χ0) is 21.6. The molecule has 0 spiro atoms. The van der Waals surface area contributed by atoms with Crippen molar-refractivity contribution < 1.29 is 14.3 Å². The third kappa shape index (κ3) is 4.72. The van der Waals surface area contributed by atoms with Crippen LogP contribution in [0.25, 0.3) is 10.8 Å². The molecule has 0 unspecified atom stereocenters. The Bertz CT molecular complexity index is 1170. The number of methoxy groups -OCH3 is 2. The van der Waals surface area contributed by atoms with E-state index in [0.717, 1.165) is 28.3 Å². The van der Waals surface area contributed by atoms with Crippen molar-refractivity contribution in [2.45, 2.75) is 13.0 Å². The second kappa shape index (κ2) is 9.67. The van der Waals surface area contributed by atoms with Crippen LogP contribution in [0.3, 0.4) is 0 Å². The zero-order valence-electron chi connectivity index (χ0n) is 17.7. The number of nitrogens with zero attached hydrogens (tertiary/aromatic N) is 1. The molecule has 0 N–H and O–H groups in total. The van der Waals surface area contributed by atoms with E-state index in [-0.39, 0.29) is 5.91 Å². The van der Waals surface area contributed by atoms with Gasteiger partial charge in [-0.25, -0.2) is 0 Å². The normalized spacial score (nSPS) is 10.8. The maximum Gasteiger partial charge on any atom is 0.254 e. The topological polar surface area (TPSA) is 38.8 Å². The molecule has 1 amide bonds. The molecule has 0 aliphatic heterocycles. The van der Waals surface area contributed by atoms with E-state index in [4.69, 9.17) is 9.47 Å². The Morgan fingerprint density at radius 3 is 2.48 bits per heavy atom. The minimum Gasteiger partial charge on any atom is -0.493 e. The number of amides is 1. The van der Waals surface area contributed by atoms with Gasteiger partial charge in [0.15, 0.2) is 11.5 Å². The van der Waals surface area contributed by atoms with Crippen molar-refractivity contribution in [3.63, 3.8) is 0 Å². The largest absolute Gasteiger partial charge is 0.493 e. The van der Waals surface area contributed by atoms with Crippen molar-refractivity contribution in [1.82, 2.24) is 4.90 Å². The monoisotopic (exact) mass is 431 g/mol. The van der Waals surface area contributed by atoms with Crippen LogP contribution in [0, 0.1) is 0 Å². The van der Waals surface area contributed by atoms with Crippen LogP contribution in [-0.2, 0) is 13.0 Å². The standard InChI is InChI=1S/C26H25NO3S/c1-29-24-13-12-19(17-25(24)30-2)14-15-27(18-21-9-6-16-31-21)26(28)23-11-5-8-20-7-3-4-10-22(20)23/h3-13,16-17H,14-15,18H2,1-2H3. The Hall–Kier alpha value is -3.31. The van der Waals surface area contributed by atoms with E-state index in [0.29, 0.717) is 24.6 Å². The summed E-state index contributed by atoms with van der Waals surface area (Å²) in [5.41, 5.74) is 1.83. The van der Waals surface area contributed by atoms with Crippen molar-refractivity contribution in [2.75, 3.05) is 20.8 Å². The molecule has 0 fully saturated rings. The van der Waals surface area contributed by atoms with Gasteiger partial charge in [-0.1, -0.05) is 48.5 Å². The molecule has 1 heterocycles. The van der Waals surface area contributed by atoms with Crippen LogP contribution >= 0.6 is 11.3 Å². The van der Waals surface area contributed by atoms with Crippen molar-refractivity contribution in [3.8, 4) is 11.5 Å². The van der Waals surface area contributed by atoms with Crippen molar-refractivity contribution in [2.24, 2.45) is 0 Å². The number of hydrogen-bond acceptors (Lipinski definition) is 4. The molecule has 158 valence electrons. The predicted molar refractivity (Wildman–Crippen MR) is 126 cm³/mol. The number of rotatable bonds is 8. The van der Waals surface area contributed by atoms with E-state index in [1.54, 1.807) is 25.6 Å². The second-order valence-corrected chi connectivity index (χ2v) is 8.30. The quantitative estimate of drug-likeness (QED) is 0.354. The maximum atomic E-state index is 13.6. The molecule has 0 saturated carbocycles. The summed E-state index contributed by atoms with van der Waals surface area (Å²) in [6.07, 6.45) is 0.724. The minimum absolute atomic E-state index is 0.0469. The van der Waals surface area contributed by atoms with Gasteiger partial charge < -0.3 is 14.4 Å². The van der Waals surface area contributed by atoms with Crippen LogP contribution in [0.15, 0.2) is 78.2 Å². The Kier molecular flexibility index (Phi) is 6.53. The lowest BCUT2D eigenvalue weighted by molar-refractivity contribution is 0.0748. The van der Waals surface area contributed by atoms with E-state index >= 15 is 0 Å². The Morgan fingerprint density at radius 2 is 1.71 bits per heavy atom. The van der Waals surface area contributed by atoms with Crippen molar-refractivity contribution in [1.29, 1.82) is 0 Å². The molecule has 0 radical (unpaired) electrons. The molecule has 31 heavy (non-hydrogen) atoms. The van der Waals surface area contributed by atoms with E-state index in [1.807, 2.05) is 77.0 Å². The lowest BCUT2D eigenvalue weighted by Crippen LogP contribution is -2.32. The summed E-state index contributed by atoms with van der Waals surface area (Å²) in [5, 5.41) is 4.10. The number of benzene rings is 3. The Balaban J connectivity index is 1.61. The molecule has 4 aromatic rings. The van der Waals surface area contributed by atoms with Crippen LogP contribution in [0.5, 0.6) is 11.5 Å². The Labute approximate surface area is 186 Å². The first-order valence-corrected chi connectivity index (χ1v) is 11.1. The highest BCUT2D eigenvalue weighted by molar-refractivity contribution is 7.09. The van der Waals surface area contributed by atoms with Crippen LogP contribution in [0.4, 0.5) is 0 Å². The summed E-state index contributed by atoms with van der Waals surface area (Å²) in [6, 6.07) is 23.9. The highest BCUT2D eigenvalue weighted by Gasteiger charge is 2.19. The number of carbonyl (C=O) groups excluding carboxylic acids is 1. The molecule has 3 aromatic carbocycles. The van der Waals surface area contributed by atoms with E-state index < -0.39 is 0 Å². The number of hydrogen-bond donors (Lipinski definition) is 0. The summed E-state index contributed by atoms with van der Waals surface area (Å²) < 4.78 is 10.8. The van der Waals surface area contributed by atoms with Gasteiger partial charge >= 0.3 is 0 Å². The number of ether oxygens (including phenoxy) is 2. The van der Waals surface area contributed by atoms with Crippen LogP contribution in [0.2, 0.25) is 0 Å². The molecule has 5 heteroatoms. The van der Waals surface area contributed by atoms with Gasteiger partial charge in [-0.15, -0.1) is 11.3 Å².